The number of hydrogen-bond acceptors (Lipinski definition) is 3. The first kappa shape index (κ1) is 12.7. The van der Waals surface area contributed by atoms with Crippen molar-refractivity contribution in [2.24, 2.45) is 0 Å². The number of hydrogen-bond donors (Lipinski definition) is 2. The standard InChI is InChI=1S/C14H15N3O3/c18-12(16-9-4-5-9)6-7-17-8-15-13-10(14(19)20)2-1-3-11(13)17/h1-3,8-9H,4-7H2,(H,16,18)(H,19,20). The minimum absolute atomic E-state index is 0.0312. The van der Waals surface area contributed by atoms with Crippen LogP contribution in [0.15, 0.2) is 24.5 Å². The molecule has 1 aromatic heterocycles. The average Bonchev–Trinajstić information content (AvgIpc) is 3.14. The van der Waals surface area contributed by atoms with Gasteiger partial charge >= 0.3 is 5.97 Å². The fourth-order valence-corrected chi connectivity index (χ4v) is 2.19. The summed E-state index contributed by atoms with van der Waals surface area (Å²) < 4.78 is 1.81. The lowest BCUT2D eigenvalue weighted by Gasteiger charge is -2.05. The number of aromatic nitrogens is 2. The predicted molar refractivity (Wildman–Crippen MR) is 72.5 cm³/mol. The van der Waals surface area contributed by atoms with Crippen LogP contribution < -0.4 is 5.32 Å². The first-order valence-electron chi connectivity index (χ1n) is 6.61. The number of imidazole rings is 1. The van der Waals surface area contributed by atoms with Crippen LogP contribution in [0.2, 0.25) is 0 Å². The molecule has 104 valence electrons. The van der Waals surface area contributed by atoms with E-state index >= 15 is 0 Å². The lowest BCUT2D eigenvalue weighted by atomic mass is 10.2. The Bertz CT molecular complexity index is 673. The van der Waals surface area contributed by atoms with Gasteiger partial charge in [-0.3, -0.25) is 4.79 Å². The van der Waals surface area contributed by atoms with Crippen molar-refractivity contribution in [1.29, 1.82) is 0 Å². The van der Waals surface area contributed by atoms with Crippen molar-refractivity contribution >= 4 is 22.9 Å². The largest absolute Gasteiger partial charge is 0.478 e. The number of carbonyl (C=O) groups excluding carboxylic acids is 1. The highest BCUT2D eigenvalue weighted by Gasteiger charge is 2.23. The summed E-state index contributed by atoms with van der Waals surface area (Å²) >= 11 is 0. The number of rotatable bonds is 5. The molecule has 6 heteroatoms. The zero-order chi connectivity index (χ0) is 14.1. The molecule has 2 N–H and O–H groups in total. The van der Waals surface area contributed by atoms with Crippen LogP contribution in [-0.4, -0.2) is 32.6 Å². The normalized spacial score (nSPS) is 14.4. The van der Waals surface area contributed by atoms with Gasteiger partial charge in [0.1, 0.15) is 5.52 Å². The maximum absolute atomic E-state index is 11.7. The fraction of sp³-hybridized carbons (Fsp3) is 0.357. The molecule has 6 nitrogen and oxygen atoms in total. The van der Waals surface area contributed by atoms with Crippen LogP contribution in [0, 0.1) is 0 Å². The van der Waals surface area contributed by atoms with Crippen LogP contribution >= 0.6 is 0 Å². The minimum Gasteiger partial charge on any atom is -0.478 e. The van der Waals surface area contributed by atoms with Crippen LogP contribution in [0.5, 0.6) is 0 Å². The minimum atomic E-state index is -0.993. The van der Waals surface area contributed by atoms with Crippen molar-refractivity contribution in [3.8, 4) is 0 Å². The number of para-hydroxylation sites is 1. The summed E-state index contributed by atoms with van der Waals surface area (Å²) in [4.78, 5) is 26.9. The van der Waals surface area contributed by atoms with E-state index in [1.165, 1.54) is 6.07 Å². The number of carboxylic acid groups (broad SMARTS) is 1. The van der Waals surface area contributed by atoms with Crippen LogP contribution in [0.1, 0.15) is 29.6 Å². The van der Waals surface area contributed by atoms with Gasteiger partial charge in [-0.05, 0) is 25.0 Å². The molecule has 0 aliphatic heterocycles. The van der Waals surface area contributed by atoms with E-state index in [0.29, 0.717) is 24.5 Å². The molecular weight excluding hydrogens is 258 g/mol. The summed E-state index contributed by atoms with van der Waals surface area (Å²) in [5, 5.41) is 12.0. The lowest BCUT2D eigenvalue weighted by Crippen LogP contribution is -2.26. The summed E-state index contributed by atoms with van der Waals surface area (Å²) in [6.45, 7) is 0.498. The Balaban J connectivity index is 1.76. The number of carboxylic acids is 1. The summed E-state index contributed by atoms with van der Waals surface area (Å²) in [7, 11) is 0. The molecule has 1 aromatic carbocycles. The number of aromatic carboxylic acids is 1. The molecule has 1 aliphatic carbocycles. The molecule has 2 aromatic rings. The second-order valence-corrected chi connectivity index (χ2v) is 5.01. The predicted octanol–water partition coefficient (Wildman–Crippen LogP) is 1.40. The van der Waals surface area contributed by atoms with Crippen molar-refractivity contribution < 1.29 is 14.7 Å². The van der Waals surface area contributed by atoms with E-state index in [9.17, 15) is 9.59 Å². The van der Waals surface area contributed by atoms with Gasteiger partial charge in [-0.2, -0.15) is 0 Å². The van der Waals surface area contributed by atoms with Gasteiger partial charge in [0.05, 0.1) is 17.4 Å². The van der Waals surface area contributed by atoms with E-state index in [2.05, 4.69) is 10.3 Å². The number of nitrogens with zero attached hydrogens (tertiary/aromatic N) is 2. The van der Waals surface area contributed by atoms with Gasteiger partial charge in [0, 0.05) is 19.0 Å². The zero-order valence-corrected chi connectivity index (χ0v) is 10.9. The molecule has 1 amide bonds. The van der Waals surface area contributed by atoms with Gasteiger partial charge in [0.15, 0.2) is 0 Å². The number of fused-ring (bicyclic) bond motifs is 1. The van der Waals surface area contributed by atoms with Crippen LogP contribution in [0.3, 0.4) is 0 Å². The Hall–Kier alpha value is -2.37. The second kappa shape index (κ2) is 4.96. The number of benzene rings is 1. The van der Waals surface area contributed by atoms with Gasteiger partial charge in [-0.25, -0.2) is 9.78 Å². The van der Waals surface area contributed by atoms with Crippen molar-refractivity contribution in [1.82, 2.24) is 14.9 Å². The maximum Gasteiger partial charge on any atom is 0.337 e. The summed E-state index contributed by atoms with van der Waals surface area (Å²) in [5.41, 5.74) is 1.38. The first-order valence-corrected chi connectivity index (χ1v) is 6.61. The monoisotopic (exact) mass is 273 g/mol. The molecule has 0 spiro atoms. The van der Waals surface area contributed by atoms with E-state index in [4.69, 9.17) is 5.11 Å². The van der Waals surface area contributed by atoms with E-state index in [-0.39, 0.29) is 11.5 Å². The Morgan fingerprint density at radius 2 is 2.20 bits per heavy atom. The van der Waals surface area contributed by atoms with Crippen LogP contribution in [0.25, 0.3) is 11.0 Å². The molecule has 1 saturated carbocycles. The molecule has 0 radical (unpaired) electrons. The Morgan fingerprint density at radius 3 is 2.90 bits per heavy atom. The van der Waals surface area contributed by atoms with Gasteiger partial charge in [0.25, 0.3) is 0 Å². The highest BCUT2D eigenvalue weighted by atomic mass is 16.4. The zero-order valence-electron chi connectivity index (χ0n) is 10.9. The molecule has 1 aliphatic rings. The lowest BCUT2D eigenvalue weighted by molar-refractivity contribution is -0.121. The molecule has 3 rings (SSSR count). The summed E-state index contributed by atoms with van der Waals surface area (Å²) in [5.74, 6) is -0.962. The van der Waals surface area contributed by atoms with Crippen molar-refractivity contribution in [2.75, 3.05) is 0 Å². The van der Waals surface area contributed by atoms with E-state index < -0.39 is 5.97 Å². The number of carbonyl (C=O) groups is 2. The third-order valence-electron chi connectivity index (χ3n) is 3.40. The first-order chi connectivity index (χ1) is 9.65. The van der Waals surface area contributed by atoms with E-state index in [1.807, 2.05) is 10.6 Å². The van der Waals surface area contributed by atoms with Gasteiger partial charge in [0.2, 0.25) is 5.91 Å². The van der Waals surface area contributed by atoms with Crippen molar-refractivity contribution in [3.63, 3.8) is 0 Å². The quantitative estimate of drug-likeness (QED) is 0.862. The van der Waals surface area contributed by atoms with Gasteiger partial charge in [-0.1, -0.05) is 6.07 Å². The molecule has 1 fully saturated rings. The molecule has 0 atom stereocenters. The Labute approximate surface area is 115 Å². The number of nitrogens with one attached hydrogen (secondary N) is 1. The smallest absolute Gasteiger partial charge is 0.337 e. The average molecular weight is 273 g/mol. The summed E-state index contributed by atoms with van der Waals surface area (Å²) in [6, 6.07) is 5.39. The third-order valence-corrected chi connectivity index (χ3v) is 3.40. The number of amides is 1. The van der Waals surface area contributed by atoms with Gasteiger partial charge < -0.3 is 15.0 Å². The molecule has 1 heterocycles. The molecule has 0 saturated heterocycles. The van der Waals surface area contributed by atoms with Crippen LogP contribution in [0.4, 0.5) is 0 Å². The topological polar surface area (TPSA) is 84.2 Å². The van der Waals surface area contributed by atoms with E-state index in [0.717, 1.165) is 18.4 Å². The summed E-state index contributed by atoms with van der Waals surface area (Å²) in [6.07, 6.45) is 4.10. The Kier molecular flexibility index (Phi) is 3.14. The number of aryl methyl sites for hydroxylation is 1. The van der Waals surface area contributed by atoms with Crippen molar-refractivity contribution in [2.45, 2.75) is 31.8 Å². The Morgan fingerprint density at radius 1 is 1.40 bits per heavy atom. The fourth-order valence-electron chi connectivity index (χ4n) is 2.19. The second-order valence-electron chi connectivity index (χ2n) is 5.01. The maximum atomic E-state index is 11.7. The SMILES string of the molecule is O=C(CCn1cnc2c(C(=O)O)cccc21)NC1CC1. The molecule has 0 unspecified atom stereocenters. The molecular formula is C14H15N3O3. The van der Waals surface area contributed by atoms with Crippen LogP contribution in [-0.2, 0) is 11.3 Å². The van der Waals surface area contributed by atoms with Gasteiger partial charge in [-0.15, -0.1) is 0 Å². The molecule has 20 heavy (non-hydrogen) atoms. The van der Waals surface area contributed by atoms with Crippen molar-refractivity contribution in [3.05, 3.63) is 30.1 Å². The van der Waals surface area contributed by atoms with E-state index in [1.54, 1.807) is 12.4 Å². The third kappa shape index (κ3) is 2.49. The highest BCUT2D eigenvalue weighted by Crippen LogP contribution is 2.20. The highest BCUT2D eigenvalue weighted by molar-refractivity contribution is 6.00. The molecule has 0 bridgehead atoms.